The molecule has 4 rings (SSSR count). The molecule has 2 nitrogen and oxygen atoms in total. The van der Waals surface area contributed by atoms with Gasteiger partial charge in [-0.1, -0.05) is 19.4 Å². The van der Waals surface area contributed by atoms with Gasteiger partial charge in [-0.25, -0.2) is 0 Å². The van der Waals surface area contributed by atoms with Crippen LogP contribution in [0.1, 0.15) is 78.1 Å². The Balaban J connectivity index is 1.65. The first-order chi connectivity index (χ1) is 11.0. The number of hydrogen-bond acceptors (Lipinski definition) is 2. The zero-order valence-electron chi connectivity index (χ0n) is 14.8. The van der Waals surface area contributed by atoms with Crippen molar-refractivity contribution in [3.63, 3.8) is 0 Å². The number of aliphatic hydroxyl groups is 1. The van der Waals surface area contributed by atoms with Crippen molar-refractivity contribution >= 4 is 5.78 Å². The van der Waals surface area contributed by atoms with E-state index in [9.17, 15) is 9.90 Å². The Morgan fingerprint density at radius 1 is 1.04 bits per heavy atom. The van der Waals surface area contributed by atoms with Gasteiger partial charge in [0.15, 0.2) is 5.78 Å². The average molecular weight is 316 g/mol. The van der Waals surface area contributed by atoms with Crippen LogP contribution in [0.15, 0.2) is 11.6 Å². The molecule has 3 saturated carbocycles. The lowest BCUT2D eigenvalue weighted by atomic mass is 9.49. The third kappa shape index (κ3) is 2.06. The lowest BCUT2D eigenvalue weighted by Crippen LogP contribution is -2.53. The quantitative estimate of drug-likeness (QED) is 0.804. The van der Waals surface area contributed by atoms with Crippen molar-refractivity contribution in [2.75, 3.05) is 0 Å². The maximum absolute atomic E-state index is 11.8. The summed E-state index contributed by atoms with van der Waals surface area (Å²) in [6.45, 7) is 4.49. The molecule has 0 aromatic heterocycles. The summed E-state index contributed by atoms with van der Waals surface area (Å²) in [4.78, 5) is 11.8. The first-order valence-electron chi connectivity index (χ1n) is 10.0. The molecule has 0 heterocycles. The van der Waals surface area contributed by atoms with E-state index in [1.807, 2.05) is 6.08 Å². The molecule has 0 unspecified atom stereocenters. The second kappa shape index (κ2) is 5.44. The summed E-state index contributed by atoms with van der Waals surface area (Å²) >= 11 is 0. The fraction of sp³-hybridized carbons (Fsp3) is 0.857. The minimum absolute atomic E-state index is 0.175. The second-order valence-corrected chi connectivity index (χ2v) is 8.78. The predicted molar refractivity (Wildman–Crippen MR) is 92.0 cm³/mol. The molecule has 0 aromatic rings. The summed E-state index contributed by atoms with van der Waals surface area (Å²) in [6.07, 6.45) is 13.0. The molecule has 4 aliphatic carbocycles. The van der Waals surface area contributed by atoms with E-state index in [1.165, 1.54) is 31.3 Å². The van der Waals surface area contributed by atoms with E-state index in [4.69, 9.17) is 0 Å². The van der Waals surface area contributed by atoms with Gasteiger partial charge < -0.3 is 5.11 Å². The van der Waals surface area contributed by atoms with Crippen LogP contribution >= 0.6 is 0 Å². The summed E-state index contributed by atoms with van der Waals surface area (Å²) in [5.41, 5.74) is 1.22. The van der Waals surface area contributed by atoms with Crippen molar-refractivity contribution in [2.24, 2.45) is 29.1 Å². The molecule has 0 bridgehead atoms. The summed E-state index contributed by atoms with van der Waals surface area (Å²) in [5, 5.41) is 11.3. The summed E-state index contributed by atoms with van der Waals surface area (Å²) in [5.74, 6) is 3.33. The van der Waals surface area contributed by atoms with Crippen LogP contribution in [0.25, 0.3) is 0 Å². The number of fused-ring (bicyclic) bond motifs is 5. The van der Waals surface area contributed by atoms with E-state index in [0.29, 0.717) is 11.7 Å². The Morgan fingerprint density at radius 3 is 2.61 bits per heavy atom. The standard InChI is InChI=1S/C21H32O2/c1-3-20-11-9-17-16-8-6-15(22)13-14(16)5-7-18(17)19(20)10-12-21(20,23)4-2/h13,16-19,23H,3-12H2,1-2H3/t16-,17-,18+,19+,20-,21-/m0/s1. The van der Waals surface area contributed by atoms with Crippen LogP contribution in [0.3, 0.4) is 0 Å². The molecule has 2 heteroatoms. The van der Waals surface area contributed by atoms with Gasteiger partial charge in [-0.3, -0.25) is 4.79 Å². The minimum Gasteiger partial charge on any atom is -0.389 e. The van der Waals surface area contributed by atoms with E-state index < -0.39 is 5.60 Å². The molecule has 4 aliphatic rings. The Morgan fingerprint density at radius 2 is 1.87 bits per heavy atom. The van der Waals surface area contributed by atoms with Crippen LogP contribution in [0.2, 0.25) is 0 Å². The van der Waals surface area contributed by atoms with Crippen LogP contribution in [-0.4, -0.2) is 16.5 Å². The highest BCUT2D eigenvalue weighted by Crippen LogP contribution is 2.66. The molecule has 0 aromatic carbocycles. The topological polar surface area (TPSA) is 37.3 Å². The summed E-state index contributed by atoms with van der Waals surface area (Å²) in [6, 6.07) is 0. The number of hydrogen-bond donors (Lipinski definition) is 1. The number of allylic oxidation sites excluding steroid dienone is 1. The monoisotopic (exact) mass is 316 g/mol. The molecule has 23 heavy (non-hydrogen) atoms. The first-order valence-corrected chi connectivity index (χ1v) is 10.0. The van der Waals surface area contributed by atoms with E-state index in [1.54, 1.807) is 0 Å². The molecule has 0 amide bonds. The van der Waals surface area contributed by atoms with Gasteiger partial charge in [0.1, 0.15) is 0 Å². The van der Waals surface area contributed by atoms with Crippen LogP contribution in [0, 0.1) is 29.1 Å². The zero-order valence-corrected chi connectivity index (χ0v) is 14.8. The van der Waals surface area contributed by atoms with Crippen LogP contribution < -0.4 is 0 Å². The molecule has 0 aliphatic heterocycles. The van der Waals surface area contributed by atoms with Gasteiger partial charge in [-0.05, 0) is 87.5 Å². The van der Waals surface area contributed by atoms with E-state index >= 15 is 0 Å². The first kappa shape index (κ1) is 15.9. The third-order valence-corrected chi connectivity index (χ3v) is 8.52. The summed E-state index contributed by atoms with van der Waals surface area (Å²) < 4.78 is 0. The van der Waals surface area contributed by atoms with Gasteiger partial charge in [0, 0.05) is 11.8 Å². The van der Waals surface area contributed by atoms with Crippen molar-refractivity contribution in [3.05, 3.63) is 11.6 Å². The van der Waals surface area contributed by atoms with Gasteiger partial charge in [0.05, 0.1) is 5.60 Å². The fourth-order valence-electron chi connectivity index (χ4n) is 7.40. The lowest BCUT2D eigenvalue weighted by molar-refractivity contribution is -0.132. The summed E-state index contributed by atoms with van der Waals surface area (Å²) in [7, 11) is 0. The molecule has 0 spiro atoms. The number of carbonyl (C=O) groups excluding carboxylic acids is 1. The Hall–Kier alpha value is -0.630. The van der Waals surface area contributed by atoms with Gasteiger partial charge in [-0.15, -0.1) is 0 Å². The smallest absolute Gasteiger partial charge is 0.155 e. The normalized spacial score (nSPS) is 49.2. The molecular formula is C21H32O2. The van der Waals surface area contributed by atoms with E-state index in [0.717, 1.165) is 56.3 Å². The molecule has 0 radical (unpaired) electrons. The largest absolute Gasteiger partial charge is 0.389 e. The SMILES string of the molecule is CC[C@]1(O)CC[C@@H]2[C@@H]3CCC4=CC(=O)CC[C@@H]4[C@@H]3CC[C@@]21CC. The molecule has 6 atom stereocenters. The maximum atomic E-state index is 11.8. The third-order valence-electron chi connectivity index (χ3n) is 8.52. The van der Waals surface area contributed by atoms with E-state index in [-0.39, 0.29) is 5.41 Å². The highest BCUT2D eigenvalue weighted by Gasteiger charge is 2.62. The lowest BCUT2D eigenvalue weighted by Gasteiger charge is -2.57. The van der Waals surface area contributed by atoms with Crippen molar-refractivity contribution in [3.8, 4) is 0 Å². The molecule has 3 fully saturated rings. The number of ketones is 1. The highest BCUT2D eigenvalue weighted by molar-refractivity contribution is 5.91. The van der Waals surface area contributed by atoms with Crippen LogP contribution in [-0.2, 0) is 4.79 Å². The maximum Gasteiger partial charge on any atom is 0.155 e. The van der Waals surface area contributed by atoms with E-state index in [2.05, 4.69) is 13.8 Å². The number of rotatable bonds is 2. The predicted octanol–water partition coefficient (Wildman–Crippen LogP) is 4.66. The second-order valence-electron chi connectivity index (χ2n) is 8.78. The van der Waals surface area contributed by atoms with Crippen LogP contribution in [0.5, 0.6) is 0 Å². The molecule has 0 saturated heterocycles. The van der Waals surface area contributed by atoms with Crippen molar-refractivity contribution in [2.45, 2.75) is 83.7 Å². The Labute approximate surface area is 140 Å². The zero-order chi connectivity index (χ0) is 16.2. The Kier molecular flexibility index (Phi) is 3.75. The minimum atomic E-state index is -0.421. The highest BCUT2D eigenvalue weighted by atomic mass is 16.3. The Bertz CT molecular complexity index is 536. The van der Waals surface area contributed by atoms with Gasteiger partial charge >= 0.3 is 0 Å². The number of carbonyl (C=O) groups is 1. The fourth-order valence-corrected chi connectivity index (χ4v) is 7.40. The molecule has 1 N–H and O–H groups in total. The molecular weight excluding hydrogens is 284 g/mol. The van der Waals surface area contributed by atoms with Crippen molar-refractivity contribution in [1.82, 2.24) is 0 Å². The van der Waals surface area contributed by atoms with Gasteiger partial charge in [0.25, 0.3) is 0 Å². The molecule has 128 valence electrons. The van der Waals surface area contributed by atoms with Crippen molar-refractivity contribution < 1.29 is 9.90 Å². The average Bonchev–Trinajstić information content (AvgIpc) is 2.88. The van der Waals surface area contributed by atoms with Crippen LogP contribution in [0.4, 0.5) is 0 Å². The van der Waals surface area contributed by atoms with Crippen molar-refractivity contribution in [1.29, 1.82) is 0 Å². The van der Waals surface area contributed by atoms with Gasteiger partial charge in [-0.2, -0.15) is 0 Å². The van der Waals surface area contributed by atoms with Gasteiger partial charge in [0.2, 0.25) is 0 Å².